The first kappa shape index (κ1) is 13.7. The van der Waals surface area contributed by atoms with E-state index >= 15 is 0 Å². The minimum absolute atomic E-state index is 0.760. The normalized spacial score (nSPS) is 11.4. The zero-order valence-corrected chi connectivity index (χ0v) is 12.1. The third-order valence-corrected chi connectivity index (χ3v) is 3.18. The summed E-state index contributed by atoms with van der Waals surface area (Å²) in [7, 11) is 5.88. The van der Waals surface area contributed by atoms with E-state index < -0.39 is 0 Å². The van der Waals surface area contributed by atoms with Crippen LogP contribution in [0.3, 0.4) is 0 Å². The molecule has 2 aromatic heterocycles. The second-order valence-electron chi connectivity index (χ2n) is 4.84. The average molecular weight is 262 g/mol. The van der Waals surface area contributed by atoms with Crippen molar-refractivity contribution in [3.8, 4) is 0 Å². The van der Waals surface area contributed by atoms with Crippen molar-refractivity contribution < 1.29 is 0 Å². The lowest BCUT2D eigenvalue weighted by Gasteiger charge is -2.15. The number of fused-ring (bicyclic) bond motifs is 1. The molecule has 0 amide bonds. The molecule has 0 fully saturated rings. The van der Waals surface area contributed by atoms with Crippen molar-refractivity contribution in [1.29, 1.82) is 0 Å². The van der Waals surface area contributed by atoms with E-state index in [1.54, 1.807) is 10.9 Å². The molecule has 0 aliphatic heterocycles. The minimum Gasteiger partial charge on any atom is -0.372 e. The Balaban J connectivity index is 2.25. The van der Waals surface area contributed by atoms with E-state index in [9.17, 15) is 0 Å². The zero-order valence-electron chi connectivity index (χ0n) is 12.1. The smallest absolute Gasteiger partial charge is 0.163 e. The van der Waals surface area contributed by atoms with Crippen molar-refractivity contribution in [3.05, 3.63) is 12.0 Å². The highest BCUT2D eigenvalue weighted by Gasteiger charge is 2.11. The van der Waals surface area contributed by atoms with Crippen molar-refractivity contribution in [2.75, 3.05) is 26.0 Å². The molecule has 104 valence electrons. The highest BCUT2D eigenvalue weighted by atomic mass is 15.3. The van der Waals surface area contributed by atoms with Gasteiger partial charge in [-0.25, -0.2) is 9.97 Å². The van der Waals surface area contributed by atoms with Gasteiger partial charge < -0.3 is 5.32 Å². The Labute approximate surface area is 113 Å². The third-order valence-electron chi connectivity index (χ3n) is 3.18. The molecule has 0 aliphatic carbocycles. The number of anilines is 1. The summed E-state index contributed by atoms with van der Waals surface area (Å²) in [5.74, 6) is 1.68. The fraction of sp³-hybridized carbons (Fsp3) is 0.615. The minimum atomic E-state index is 0.760. The molecular formula is C13H22N6. The fourth-order valence-corrected chi connectivity index (χ4v) is 2.08. The van der Waals surface area contributed by atoms with E-state index in [2.05, 4.69) is 39.3 Å². The topological polar surface area (TPSA) is 58.9 Å². The number of aromatic nitrogens is 4. The molecule has 2 heterocycles. The van der Waals surface area contributed by atoms with Crippen LogP contribution in [0.4, 0.5) is 5.82 Å². The Bertz CT molecular complexity index is 547. The molecule has 1 N–H and O–H groups in total. The standard InChI is InChI=1S/C13H22N6/c1-5-6-7-18(3)9-11-16-12(14-2)10-8-15-19(4)13(10)17-11/h8H,5-7,9H2,1-4H3,(H,14,16,17). The van der Waals surface area contributed by atoms with Crippen molar-refractivity contribution in [3.63, 3.8) is 0 Å². The summed E-state index contributed by atoms with van der Waals surface area (Å²) < 4.78 is 1.79. The number of rotatable bonds is 6. The summed E-state index contributed by atoms with van der Waals surface area (Å²) in [4.78, 5) is 11.4. The maximum Gasteiger partial charge on any atom is 0.163 e. The summed E-state index contributed by atoms with van der Waals surface area (Å²) in [5.41, 5.74) is 0.873. The Kier molecular flexibility index (Phi) is 4.31. The molecule has 2 aromatic rings. The van der Waals surface area contributed by atoms with Crippen LogP contribution in [0.25, 0.3) is 11.0 Å². The van der Waals surface area contributed by atoms with Crippen LogP contribution in [-0.2, 0) is 13.6 Å². The van der Waals surface area contributed by atoms with Gasteiger partial charge in [0.25, 0.3) is 0 Å². The van der Waals surface area contributed by atoms with Gasteiger partial charge in [0.1, 0.15) is 11.6 Å². The van der Waals surface area contributed by atoms with Crippen molar-refractivity contribution in [2.45, 2.75) is 26.3 Å². The fourth-order valence-electron chi connectivity index (χ4n) is 2.08. The van der Waals surface area contributed by atoms with Gasteiger partial charge in [-0.3, -0.25) is 9.58 Å². The highest BCUT2D eigenvalue weighted by Crippen LogP contribution is 2.19. The Morgan fingerprint density at radius 2 is 2.16 bits per heavy atom. The molecule has 0 atom stereocenters. The van der Waals surface area contributed by atoms with Gasteiger partial charge in [-0.1, -0.05) is 13.3 Å². The average Bonchev–Trinajstić information content (AvgIpc) is 2.77. The molecule has 0 spiro atoms. The summed E-state index contributed by atoms with van der Waals surface area (Å²) in [6.45, 7) is 4.03. The molecule has 0 radical (unpaired) electrons. The van der Waals surface area contributed by atoms with E-state index in [-0.39, 0.29) is 0 Å². The van der Waals surface area contributed by atoms with E-state index in [0.29, 0.717) is 0 Å². The van der Waals surface area contributed by atoms with Crippen LogP contribution >= 0.6 is 0 Å². The van der Waals surface area contributed by atoms with Gasteiger partial charge in [0, 0.05) is 14.1 Å². The van der Waals surface area contributed by atoms with Crippen molar-refractivity contribution in [2.24, 2.45) is 7.05 Å². The molecular weight excluding hydrogens is 240 g/mol. The molecule has 0 saturated carbocycles. The molecule has 6 heteroatoms. The second-order valence-corrected chi connectivity index (χ2v) is 4.84. The predicted molar refractivity (Wildman–Crippen MR) is 77.1 cm³/mol. The molecule has 6 nitrogen and oxygen atoms in total. The molecule has 0 unspecified atom stereocenters. The summed E-state index contributed by atoms with van der Waals surface area (Å²) in [6, 6.07) is 0. The molecule has 0 aliphatic rings. The van der Waals surface area contributed by atoms with Gasteiger partial charge in [0.15, 0.2) is 5.65 Å². The predicted octanol–water partition coefficient (Wildman–Crippen LogP) is 1.64. The van der Waals surface area contributed by atoms with Gasteiger partial charge in [-0.05, 0) is 20.0 Å². The third kappa shape index (κ3) is 3.01. The van der Waals surface area contributed by atoms with Crippen LogP contribution in [0.1, 0.15) is 25.6 Å². The van der Waals surface area contributed by atoms with E-state index in [4.69, 9.17) is 0 Å². The van der Waals surface area contributed by atoms with E-state index in [0.717, 1.165) is 35.8 Å². The van der Waals surface area contributed by atoms with Crippen LogP contribution in [0.2, 0.25) is 0 Å². The lowest BCUT2D eigenvalue weighted by molar-refractivity contribution is 0.313. The number of nitrogens with zero attached hydrogens (tertiary/aromatic N) is 5. The van der Waals surface area contributed by atoms with Crippen LogP contribution in [0.15, 0.2) is 6.20 Å². The van der Waals surface area contributed by atoms with Crippen LogP contribution in [-0.4, -0.2) is 45.3 Å². The van der Waals surface area contributed by atoms with Crippen molar-refractivity contribution in [1.82, 2.24) is 24.6 Å². The second kappa shape index (κ2) is 5.97. The van der Waals surface area contributed by atoms with E-state index in [1.165, 1.54) is 12.8 Å². The zero-order chi connectivity index (χ0) is 13.8. The first-order valence-electron chi connectivity index (χ1n) is 6.70. The summed E-state index contributed by atoms with van der Waals surface area (Å²) >= 11 is 0. The quantitative estimate of drug-likeness (QED) is 0.857. The molecule has 19 heavy (non-hydrogen) atoms. The lowest BCUT2D eigenvalue weighted by atomic mass is 10.3. The largest absolute Gasteiger partial charge is 0.372 e. The van der Waals surface area contributed by atoms with Gasteiger partial charge >= 0.3 is 0 Å². The van der Waals surface area contributed by atoms with Crippen LogP contribution in [0, 0.1) is 0 Å². The molecule has 0 bridgehead atoms. The van der Waals surface area contributed by atoms with Gasteiger partial charge in [0.2, 0.25) is 0 Å². The van der Waals surface area contributed by atoms with Crippen molar-refractivity contribution >= 4 is 16.9 Å². The first-order valence-corrected chi connectivity index (χ1v) is 6.70. The Morgan fingerprint density at radius 3 is 2.84 bits per heavy atom. The summed E-state index contributed by atoms with van der Waals surface area (Å²) in [6.07, 6.45) is 4.20. The van der Waals surface area contributed by atoms with Gasteiger partial charge in [-0.2, -0.15) is 5.10 Å². The SMILES string of the molecule is CCCCN(C)Cc1nc(NC)c2cnn(C)c2n1. The summed E-state index contributed by atoms with van der Waals surface area (Å²) in [5, 5.41) is 8.31. The lowest BCUT2D eigenvalue weighted by Crippen LogP contribution is -2.21. The number of hydrogen-bond donors (Lipinski definition) is 1. The molecule has 0 aromatic carbocycles. The van der Waals surface area contributed by atoms with Crippen LogP contribution < -0.4 is 5.32 Å². The number of nitrogens with one attached hydrogen (secondary N) is 1. The Hall–Kier alpha value is -1.69. The number of unbranched alkanes of at least 4 members (excludes halogenated alkanes) is 1. The van der Waals surface area contributed by atoms with E-state index in [1.807, 2.05) is 14.1 Å². The number of aryl methyl sites for hydroxylation is 1. The van der Waals surface area contributed by atoms with Gasteiger partial charge in [0.05, 0.1) is 18.1 Å². The first-order chi connectivity index (χ1) is 9.15. The monoisotopic (exact) mass is 262 g/mol. The molecule has 0 saturated heterocycles. The highest BCUT2D eigenvalue weighted by molar-refractivity contribution is 5.86. The molecule has 2 rings (SSSR count). The van der Waals surface area contributed by atoms with Gasteiger partial charge in [-0.15, -0.1) is 0 Å². The van der Waals surface area contributed by atoms with Crippen LogP contribution in [0.5, 0.6) is 0 Å². The maximum atomic E-state index is 4.60. The maximum absolute atomic E-state index is 4.60. The Morgan fingerprint density at radius 1 is 1.37 bits per heavy atom. The number of hydrogen-bond acceptors (Lipinski definition) is 5.